The van der Waals surface area contributed by atoms with E-state index < -0.39 is 6.04 Å². The molecule has 0 spiro atoms. The standard InChI is InChI=1S/C16H16N4O2/c1-11-6-3-4-7-13(11)18-15(21)12(2)20-16(22)14-8-5-9-19(14)10-17-20/h3-10,12H,1-2H3,(H,18,21). The number of anilines is 1. The minimum absolute atomic E-state index is 0.278. The Morgan fingerprint density at radius 3 is 2.77 bits per heavy atom. The van der Waals surface area contributed by atoms with E-state index in [1.165, 1.54) is 11.0 Å². The molecule has 0 fully saturated rings. The van der Waals surface area contributed by atoms with E-state index in [2.05, 4.69) is 10.4 Å². The third-order valence-electron chi connectivity index (χ3n) is 3.66. The molecule has 22 heavy (non-hydrogen) atoms. The highest BCUT2D eigenvalue weighted by Gasteiger charge is 2.19. The number of amides is 1. The monoisotopic (exact) mass is 296 g/mol. The van der Waals surface area contributed by atoms with E-state index in [0.29, 0.717) is 5.52 Å². The second kappa shape index (κ2) is 5.48. The molecule has 0 aliphatic heterocycles. The molecule has 3 rings (SSSR count). The molecule has 2 aromatic heterocycles. The van der Waals surface area contributed by atoms with Crippen molar-refractivity contribution in [3.63, 3.8) is 0 Å². The lowest BCUT2D eigenvalue weighted by Gasteiger charge is -2.15. The highest BCUT2D eigenvalue weighted by atomic mass is 16.2. The zero-order chi connectivity index (χ0) is 15.7. The summed E-state index contributed by atoms with van der Waals surface area (Å²) in [6.07, 6.45) is 3.26. The number of rotatable bonds is 3. The first-order valence-electron chi connectivity index (χ1n) is 6.99. The van der Waals surface area contributed by atoms with Gasteiger partial charge >= 0.3 is 0 Å². The second-order valence-corrected chi connectivity index (χ2v) is 5.16. The van der Waals surface area contributed by atoms with Gasteiger partial charge in [0.2, 0.25) is 5.91 Å². The summed E-state index contributed by atoms with van der Waals surface area (Å²) in [4.78, 5) is 24.7. The third-order valence-corrected chi connectivity index (χ3v) is 3.66. The third kappa shape index (κ3) is 2.39. The number of carbonyl (C=O) groups excluding carboxylic acids is 1. The number of benzene rings is 1. The van der Waals surface area contributed by atoms with Gasteiger partial charge in [0.05, 0.1) is 0 Å². The number of fused-ring (bicyclic) bond motifs is 1. The van der Waals surface area contributed by atoms with Crippen molar-refractivity contribution in [1.82, 2.24) is 14.2 Å². The van der Waals surface area contributed by atoms with E-state index >= 15 is 0 Å². The molecule has 0 radical (unpaired) electrons. The Hall–Kier alpha value is -2.89. The van der Waals surface area contributed by atoms with Gasteiger partial charge in [0.25, 0.3) is 5.56 Å². The van der Waals surface area contributed by atoms with Crippen molar-refractivity contribution in [2.24, 2.45) is 0 Å². The molecule has 1 atom stereocenters. The molecule has 112 valence electrons. The Kier molecular flexibility index (Phi) is 3.50. The Labute approximate surface area is 127 Å². The molecule has 0 aliphatic rings. The maximum absolute atomic E-state index is 12.4. The zero-order valence-corrected chi connectivity index (χ0v) is 12.4. The fraction of sp³-hybridized carbons (Fsp3) is 0.188. The molecule has 1 unspecified atom stereocenters. The average molecular weight is 296 g/mol. The number of nitrogens with zero attached hydrogens (tertiary/aromatic N) is 3. The van der Waals surface area contributed by atoms with Crippen LogP contribution < -0.4 is 10.9 Å². The lowest BCUT2D eigenvalue weighted by molar-refractivity contribution is -0.119. The molecule has 2 heterocycles. The van der Waals surface area contributed by atoms with Gasteiger partial charge in [0, 0.05) is 11.9 Å². The number of nitrogens with one attached hydrogen (secondary N) is 1. The van der Waals surface area contributed by atoms with Gasteiger partial charge in [-0.25, -0.2) is 4.68 Å². The number of aromatic nitrogens is 3. The summed E-state index contributed by atoms with van der Waals surface area (Å²) in [6, 6.07) is 10.3. The minimum atomic E-state index is -0.702. The lowest BCUT2D eigenvalue weighted by Crippen LogP contribution is -2.34. The van der Waals surface area contributed by atoms with Crippen LogP contribution in [0.5, 0.6) is 0 Å². The van der Waals surface area contributed by atoms with Crippen molar-refractivity contribution >= 4 is 17.1 Å². The number of hydrogen-bond acceptors (Lipinski definition) is 3. The second-order valence-electron chi connectivity index (χ2n) is 5.16. The van der Waals surface area contributed by atoms with Crippen LogP contribution in [0.15, 0.2) is 53.7 Å². The summed E-state index contributed by atoms with van der Waals surface area (Å²) in [5.74, 6) is -0.278. The Morgan fingerprint density at radius 2 is 2.00 bits per heavy atom. The average Bonchev–Trinajstić information content (AvgIpc) is 2.99. The molecule has 1 amide bonds. The molecule has 3 aromatic rings. The molecule has 0 aliphatic carbocycles. The summed E-state index contributed by atoms with van der Waals surface area (Å²) in [5, 5.41) is 6.90. The Bertz CT molecular complexity index is 894. The Balaban J connectivity index is 1.90. The fourth-order valence-electron chi connectivity index (χ4n) is 2.29. The first-order valence-corrected chi connectivity index (χ1v) is 6.99. The van der Waals surface area contributed by atoms with E-state index in [0.717, 1.165) is 11.3 Å². The fourth-order valence-corrected chi connectivity index (χ4v) is 2.29. The van der Waals surface area contributed by atoms with Crippen LogP contribution in [0.3, 0.4) is 0 Å². The van der Waals surface area contributed by atoms with Crippen LogP contribution in [0.2, 0.25) is 0 Å². The molecule has 1 N–H and O–H groups in total. The van der Waals surface area contributed by atoms with E-state index in [-0.39, 0.29) is 11.5 Å². The highest BCUT2D eigenvalue weighted by molar-refractivity contribution is 5.94. The number of aryl methyl sites for hydroxylation is 1. The molecule has 0 bridgehead atoms. The number of hydrogen-bond donors (Lipinski definition) is 1. The van der Waals surface area contributed by atoms with E-state index in [9.17, 15) is 9.59 Å². The van der Waals surface area contributed by atoms with Gasteiger partial charge in [-0.2, -0.15) is 5.10 Å². The molecule has 6 heteroatoms. The summed E-state index contributed by atoms with van der Waals surface area (Å²) >= 11 is 0. The minimum Gasteiger partial charge on any atom is -0.324 e. The van der Waals surface area contributed by atoms with Gasteiger partial charge in [-0.15, -0.1) is 0 Å². The van der Waals surface area contributed by atoms with Crippen molar-refractivity contribution in [1.29, 1.82) is 0 Å². The molecular formula is C16H16N4O2. The van der Waals surface area contributed by atoms with Gasteiger partial charge in [-0.1, -0.05) is 18.2 Å². The predicted molar refractivity (Wildman–Crippen MR) is 84.0 cm³/mol. The van der Waals surface area contributed by atoms with Crippen molar-refractivity contribution < 1.29 is 4.79 Å². The van der Waals surface area contributed by atoms with Gasteiger partial charge in [-0.3, -0.25) is 9.59 Å². The summed E-state index contributed by atoms with van der Waals surface area (Å²) in [7, 11) is 0. The van der Waals surface area contributed by atoms with Crippen LogP contribution in [-0.4, -0.2) is 20.1 Å². The molecule has 0 saturated carbocycles. The first kappa shape index (κ1) is 14.1. The number of carbonyl (C=O) groups is 1. The summed E-state index contributed by atoms with van der Waals surface area (Å²) in [5.41, 5.74) is 1.90. The zero-order valence-electron chi connectivity index (χ0n) is 12.4. The molecular weight excluding hydrogens is 280 g/mol. The highest BCUT2D eigenvalue weighted by Crippen LogP contribution is 2.15. The van der Waals surface area contributed by atoms with Gasteiger partial charge in [-0.05, 0) is 37.6 Å². The van der Waals surface area contributed by atoms with Crippen molar-refractivity contribution in [2.45, 2.75) is 19.9 Å². The lowest BCUT2D eigenvalue weighted by atomic mass is 10.2. The largest absolute Gasteiger partial charge is 0.324 e. The molecule has 0 saturated heterocycles. The van der Waals surface area contributed by atoms with Gasteiger partial charge in [0.1, 0.15) is 17.9 Å². The van der Waals surface area contributed by atoms with Crippen molar-refractivity contribution in [3.8, 4) is 0 Å². The maximum atomic E-state index is 12.4. The van der Waals surface area contributed by atoms with E-state index in [1.54, 1.807) is 29.7 Å². The van der Waals surface area contributed by atoms with Crippen molar-refractivity contribution in [2.75, 3.05) is 5.32 Å². The predicted octanol–water partition coefficient (Wildman–Crippen LogP) is 2.00. The smallest absolute Gasteiger partial charge is 0.291 e. The van der Waals surface area contributed by atoms with Crippen LogP contribution in [0.1, 0.15) is 18.5 Å². The maximum Gasteiger partial charge on any atom is 0.291 e. The summed E-state index contributed by atoms with van der Waals surface area (Å²) < 4.78 is 2.83. The van der Waals surface area contributed by atoms with E-state index in [1.807, 2.05) is 31.2 Å². The van der Waals surface area contributed by atoms with Crippen molar-refractivity contribution in [3.05, 3.63) is 64.8 Å². The number of para-hydroxylation sites is 1. The van der Waals surface area contributed by atoms with Gasteiger partial charge < -0.3 is 9.72 Å². The molecule has 1 aromatic carbocycles. The SMILES string of the molecule is Cc1ccccc1NC(=O)C(C)n1ncn2cccc2c1=O. The van der Waals surface area contributed by atoms with Crippen LogP contribution in [0.4, 0.5) is 5.69 Å². The first-order chi connectivity index (χ1) is 10.6. The van der Waals surface area contributed by atoms with Crippen LogP contribution in [-0.2, 0) is 4.79 Å². The molecule has 6 nitrogen and oxygen atoms in total. The van der Waals surface area contributed by atoms with Crippen LogP contribution in [0, 0.1) is 6.92 Å². The quantitative estimate of drug-likeness (QED) is 0.804. The Morgan fingerprint density at radius 1 is 1.23 bits per heavy atom. The van der Waals surface area contributed by atoms with Gasteiger partial charge in [0.15, 0.2) is 0 Å². The topological polar surface area (TPSA) is 68.4 Å². The summed E-state index contributed by atoms with van der Waals surface area (Å²) in [6.45, 7) is 3.57. The van der Waals surface area contributed by atoms with Crippen LogP contribution in [0.25, 0.3) is 5.52 Å². The van der Waals surface area contributed by atoms with Crippen LogP contribution >= 0.6 is 0 Å². The van der Waals surface area contributed by atoms with E-state index in [4.69, 9.17) is 0 Å². The normalized spacial score (nSPS) is 12.3.